The normalized spacial score (nSPS) is 12.3. The molecule has 4 N–H and O–H groups in total. The molecule has 1 rings (SSSR count). The third-order valence-electron chi connectivity index (χ3n) is 4.10. The van der Waals surface area contributed by atoms with E-state index in [1.165, 1.54) is 5.56 Å². The monoisotopic (exact) mass is 383 g/mol. The maximum absolute atomic E-state index is 11.9. The van der Waals surface area contributed by atoms with E-state index in [0.29, 0.717) is 31.8 Å². The summed E-state index contributed by atoms with van der Waals surface area (Å²) in [5.74, 6) is 0.447. The number of nitrogens with one attached hydrogen (secondary N) is 2. The third kappa shape index (κ3) is 8.68. The molecule has 0 aliphatic rings. The maximum atomic E-state index is 11.9. The van der Waals surface area contributed by atoms with Crippen molar-refractivity contribution in [1.29, 1.82) is 0 Å². The number of carbonyl (C=O) groups excluding carboxylic acids is 2. The van der Waals surface area contributed by atoms with Crippen LogP contribution in [0.2, 0.25) is 0 Å². The lowest BCUT2D eigenvalue weighted by Crippen LogP contribution is -2.36. The minimum Gasteiger partial charge on any atom is -0.356 e. The van der Waals surface area contributed by atoms with Crippen LogP contribution in [0.5, 0.6) is 0 Å². The van der Waals surface area contributed by atoms with Gasteiger partial charge in [-0.05, 0) is 23.5 Å². The van der Waals surface area contributed by atoms with Crippen LogP contribution >= 0.6 is 12.4 Å². The first-order chi connectivity index (χ1) is 11.6. The number of hydrogen-bond acceptors (Lipinski definition) is 3. The Hall–Kier alpha value is -1.59. The lowest BCUT2D eigenvalue weighted by molar-refractivity contribution is -0.128. The van der Waals surface area contributed by atoms with Crippen molar-refractivity contribution in [2.75, 3.05) is 13.1 Å². The Morgan fingerprint density at radius 2 is 1.58 bits per heavy atom. The molecule has 1 aromatic carbocycles. The molecule has 0 fully saturated rings. The van der Waals surface area contributed by atoms with E-state index in [1.54, 1.807) is 0 Å². The Morgan fingerprint density at radius 3 is 2.08 bits per heavy atom. The molecule has 0 spiro atoms. The number of benzene rings is 1. The fraction of sp³-hybridized carbons (Fsp3) is 0.600. The van der Waals surface area contributed by atoms with Gasteiger partial charge >= 0.3 is 0 Å². The van der Waals surface area contributed by atoms with Crippen LogP contribution in [0.1, 0.15) is 70.5 Å². The van der Waals surface area contributed by atoms with Gasteiger partial charge in [0.05, 0.1) is 0 Å². The highest BCUT2D eigenvalue weighted by Crippen LogP contribution is 2.17. The molecule has 0 aliphatic heterocycles. The van der Waals surface area contributed by atoms with E-state index in [2.05, 4.69) is 36.6 Å². The average molecular weight is 384 g/mol. The molecule has 1 unspecified atom stereocenters. The van der Waals surface area contributed by atoms with Gasteiger partial charge < -0.3 is 16.4 Å². The van der Waals surface area contributed by atoms with Gasteiger partial charge in [0.15, 0.2) is 0 Å². The molecular weight excluding hydrogens is 350 g/mol. The zero-order valence-electron chi connectivity index (χ0n) is 16.6. The summed E-state index contributed by atoms with van der Waals surface area (Å²) in [4.78, 5) is 23.6. The number of hydrogen-bond donors (Lipinski definition) is 3. The van der Waals surface area contributed by atoms with Crippen molar-refractivity contribution < 1.29 is 9.59 Å². The number of carbonyl (C=O) groups is 2. The molecule has 1 atom stereocenters. The summed E-state index contributed by atoms with van der Waals surface area (Å²) >= 11 is 0. The smallest absolute Gasteiger partial charge is 0.225 e. The van der Waals surface area contributed by atoms with Gasteiger partial charge in [-0.3, -0.25) is 9.59 Å². The number of amides is 2. The average Bonchev–Trinajstić information content (AvgIpc) is 2.55. The van der Waals surface area contributed by atoms with E-state index in [0.717, 1.165) is 5.56 Å². The molecule has 5 nitrogen and oxygen atoms in total. The van der Waals surface area contributed by atoms with Gasteiger partial charge in [-0.25, -0.2) is 0 Å². The van der Waals surface area contributed by atoms with E-state index in [-0.39, 0.29) is 30.3 Å². The second-order valence-corrected chi connectivity index (χ2v) is 7.84. The fourth-order valence-corrected chi connectivity index (χ4v) is 2.27. The van der Waals surface area contributed by atoms with Crippen molar-refractivity contribution in [3.8, 4) is 0 Å². The van der Waals surface area contributed by atoms with Gasteiger partial charge in [0.25, 0.3) is 0 Å². The lowest BCUT2D eigenvalue weighted by atomic mass is 9.96. The maximum Gasteiger partial charge on any atom is 0.225 e. The van der Waals surface area contributed by atoms with Crippen molar-refractivity contribution in [3.05, 3.63) is 35.4 Å². The summed E-state index contributed by atoms with van der Waals surface area (Å²) in [6.07, 6.45) is 0.995. The largest absolute Gasteiger partial charge is 0.356 e. The highest BCUT2D eigenvalue weighted by atomic mass is 35.5. The van der Waals surface area contributed by atoms with Crippen LogP contribution in [0.25, 0.3) is 0 Å². The minimum absolute atomic E-state index is 0. The third-order valence-corrected chi connectivity index (χ3v) is 4.10. The Balaban J connectivity index is 0.00000625. The molecule has 6 heteroatoms. The van der Waals surface area contributed by atoms with Crippen molar-refractivity contribution in [2.45, 2.75) is 59.4 Å². The predicted octanol–water partition coefficient (Wildman–Crippen LogP) is 3.29. The number of nitrogens with two attached hydrogens (primary N) is 1. The van der Waals surface area contributed by atoms with Gasteiger partial charge in [0, 0.05) is 31.0 Å². The van der Waals surface area contributed by atoms with Crippen molar-refractivity contribution in [2.24, 2.45) is 11.1 Å². The fourth-order valence-electron chi connectivity index (χ4n) is 2.27. The molecule has 0 aromatic heterocycles. The first kappa shape index (κ1) is 24.4. The van der Waals surface area contributed by atoms with Gasteiger partial charge in [0.2, 0.25) is 11.8 Å². The minimum atomic E-state index is -0.403. The molecule has 2 amide bonds. The van der Waals surface area contributed by atoms with Gasteiger partial charge in [-0.1, -0.05) is 58.9 Å². The molecular formula is C20H34ClN3O2. The highest BCUT2D eigenvalue weighted by molar-refractivity contribution is 5.85. The molecule has 26 heavy (non-hydrogen) atoms. The highest BCUT2D eigenvalue weighted by Gasteiger charge is 2.20. The zero-order chi connectivity index (χ0) is 19.0. The van der Waals surface area contributed by atoms with Crippen LogP contribution in [0, 0.1) is 5.41 Å². The van der Waals surface area contributed by atoms with Crippen LogP contribution < -0.4 is 16.4 Å². The van der Waals surface area contributed by atoms with Crippen LogP contribution in [0.4, 0.5) is 0 Å². The lowest BCUT2D eigenvalue weighted by Gasteiger charge is -2.17. The van der Waals surface area contributed by atoms with Crippen LogP contribution in [0.15, 0.2) is 24.3 Å². The Morgan fingerprint density at radius 1 is 1.04 bits per heavy atom. The summed E-state index contributed by atoms with van der Waals surface area (Å²) in [7, 11) is 0. The van der Waals surface area contributed by atoms with Crippen LogP contribution in [0.3, 0.4) is 0 Å². The van der Waals surface area contributed by atoms with E-state index >= 15 is 0 Å². The summed E-state index contributed by atoms with van der Waals surface area (Å²) in [6, 6.07) is 7.99. The zero-order valence-corrected chi connectivity index (χ0v) is 17.4. The second kappa shape index (κ2) is 11.2. The Kier molecular flexibility index (Phi) is 10.5. The Labute approximate surface area is 163 Å². The molecule has 0 heterocycles. The Bertz CT molecular complexity index is 565. The molecule has 0 bridgehead atoms. The quantitative estimate of drug-likeness (QED) is 0.602. The summed E-state index contributed by atoms with van der Waals surface area (Å²) < 4.78 is 0. The van der Waals surface area contributed by atoms with Crippen molar-refractivity contribution in [1.82, 2.24) is 10.6 Å². The first-order valence-corrected chi connectivity index (χ1v) is 9.01. The SMILES string of the molecule is CC(C)c1ccc(C(N)CNC(=O)CCCNC(=O)C(C)(C)C)cc1.Cl. The summed E-state index contributed by atoms with van der Waals surface area (Å²) in [6.45, 7) is 10.8. The molecule has 1 aromatic rings. The van der Waals surface area contributed by atoms with E-state index in [9.17, 15) is 9.59 Å². The van der Waals surface area contributed by atoms with E-state index in [4.69, 9.17) is 5.73 Å². The van der Waals surface area contributed by atoms with Crippen LogP contribution in [-0.2, 0) is 9.59 Å². The van der Waals surface area contributed by atoms with Gasteiger partial charge in [0.1, 0.15) is 0 Å². The van der Waals surface area contributed by atoms with Crippen molar-refractivity contribution >= 4 is 24.2 Å². The van der Waals surface area contributed by atoms with Gasteiger partial charge in [-0.15, -0.1) is 12.4 Å². The summed E-state index contributed by atoms with van der Waals surface area (Å²) in [5, 5.41) is 5.70. The second-order valence-electron chi connectivity index (χ2n) is 7.84. The molecule has 0 aliphatic carbocycles. The molecule has 0 saturated carbocycles. The number of halogens is 1. The summed E-state index contributed by atoms with van der Waals surface area (Å²) in [5.41, 5.74) is 8.03. The predicted molar refractivity (Wildman–Crippen MR) is 109 cm³/mol. The topological polar surface area (TPSA) is 84.2 Å². The number of rotatable bonds is 8. The molecule has 0 saturated heterocycles. The first-order valence-electron chi connectivity index (χ1n) is 9.01. The van der Waals surface area contributed by atoms with Gasteiger partial charge in [-0.2, -0.15) is 0 Å². The molecule has 148 valence electrons. The standard InChI is InChI=1S/C20H33N3O2.ClH/c1-14(2)15-8-10-16(11-9-15)17(21)13-23-18(24)7-6-12-22-19(25)20(3,4)5;/h8-11,14,17H,6-7,12-13,21H2,1-5H3,(H,22,25)(H,23,24);1H. The van der Waals surface area contributed by atoms with Crippen LogP contribution in [-0.4, -0.2) is 24.9 Å². The van der Waals surface area contributed by atoms with E-state index < -0.39 is 5.41 Å². The van der Waals surface area contributed by atoms with E-state index in [1.807, 2.05) is 32.9 Å². The van der Waals surface area contributed by atoms with Crippen molar-refractivity contribution in [3.63, 3.8) is 0 Å². The molecule has 0 radical (unpaired) electrons.